The van der Waals surface area contributed by atoms with Crippen LogP contribution in [0.25, 0.3) is 22.6 Å². The fraction of sp³-hybridized carbons (Fsp3) is 0.214. The largest absolute Gasteiger partial charge is 0.421 e. The second-order valence-corrected chi connectivity index (χ2v) is 8.97. The molecule has 1 amide bonds. The van der Waals surface area contributed by atoms with Gasteiger partial charge in [-0.3, -0.25) is 25.0 Å². The first kappa shape index (κ1) is 25.0. The molecule has 4 aromatic heterocycles. The Morgan fingerprint density at radius 1 is 0.868 bits per heavy atom. The van der Waals surface area contributed by atoms with Crippen LogP contribution >= 0.6 is 0 Å². The highest BCUT2D eigenvalue weighted by Gasteiger charge is 2.34. The van der Waals surface area contributed by atoms with Crippen molar-refractivity contribution in [1.29, 1.82) is 0 Å². The number of amides is 1. The molecule has 0 aromatic carbocycles. The van der Waals surface area contributed by atoms with Crippen molar-refractivity contribution in [2.75, 3.05) is 5.06 Å². The molecule has 0 unspecified atom stereocenters. The highest BCUT2D eigenvalue weighted by molar-refractivity contribution is 5.94. The smallest absolute Gasteiger partial charge is 0.362 e. The van der Waals surface area contributed by atoms with Gasteiger partial charge >= 0.3 is 11.3 Å². The summed E-state index contributed by atoms with van der Waals surface area (Å²) in [6, 6.07) is 13.4. The minimum Gasteiger partial charge on any atom is -0.421 e. The monoisotopic (exact) mass is 512 g/mol. The molecule has 2 saturated carbocycles. The lowest BCUT2D eigenvalue weighted by Crippen LogP contribution is -2.32. The number of aliphatic imine (C=N–C) groups is 1. The van der Waals surface area contributed by atoms with Gasteiger partial charge in [0.1, 0.15) is 17.2 Å². The van der Waals surface area contributed by atoms with E-state index in [-0.39, 0.29) is 11.6 Å². The molecule has 0 radical (unpaired) electrons. The van der Waals surface area contributed by atoms with Gasteiger partial charge in [0.15, 0.2) is 5.69 Å². The van der Waals surface area contributed by atoms with E-state index in [2.05, 4.69) is 15.0 Å². The van der Waals surface area contributed by atoms with Crippen molar-refractivity contribution in [3.8, 4) is 22.6 Å². The summed E-state index contributed by atoms with van der Waals surface area (Å²) < 4.78 is 10.4. The quantitative estimate of drug-likeness (QED) is 0.224. The molecular formula is C28H24N4O6. The van der Waals surface area contributed by atoms with Gasteiger partial charge in [0.25, 0.3) is 5.91 Å². The van der Waals surface area contributed by atoms with Crippen LogP contribution in [0.15, 0.2) is 96.7 Å². The molecule has 0 bridgehead atoms. The van der Waals surface area contributed by atoms with Crippen LogP contribution in [-0.2, 0) is 4.79 Å². The SMILES string of the molecule is O=C(C1CC1)N(O)c1ccc(-c2cccnc2)oc1=O.O=c1oc(-c2cccnc2)ccc1N=CC1CC1. The lowest BCUT2D eigenvalue weighted by Gasteiger charge is -2.13. The van der Waals surface area contributed by atoms with Crippen molar-refractivity contribution in [2.24, 2.45) is 16.8 Å². The predicted molar refractivity (Wildman–Crippen MR) is 139 cm³/mol. The standard InChI is InChI=1S/C14H12N2O4.C14H12N2O2/c17-13(9-3-4-9)16(19)11-5-6-12(20-14(11)18)10-2-1-7-15-8-10;17-14-12(16-8-10-3-4-10)5-6-13(18-14)11-2-1-7-15-9-11/h1-2,5-9,19H,3-4H2;1-2,5-10H,3-4H2. The van der Waals surface area contributed by atoms with Crippen LogP contribution in [0.1, 0.15) is 25.7 Å². The minimum absolute atomic E-state index is 0.172. The molecule has 0 saturated heterocycles. The third-order valence-corrected chi connectivity index (χ3v) is 5.91. The maximum Gasteiger partial charge on any atom is 0.362 e. The number of carbonyl (C=O) groups excluding carboxylic acids is 1. The fourth-order valence-corrected chi connectivity index (χ4v) is 3.45. The first-order valence-corrected chi connectivity index (χ1v) is 12.2. The number of nitrogens with zero attached hydrogens (tertiary/aromatic N) is 4. The predicted octanol–water partition coefficient (Wildman–Crippen LogP) is 4.65. The first-order valence-electron chi connectivity index (χ1n) is 12.2. The maximum atomic E-state index is 11.9. The van der Waals surface area contributed by atoms with Gasteiger partial charge in [0.2, 0.25) is 0 Å². The summed E-state index contributed by atoms with van der Waals surface area (Å²) in [5, 5.41) is 10.1. The van der Waals surface area contributed by atoms with Crippen molar-refractivity contribution in [3.05, 3.63) is 94.2 Å². The molecule has 2 aliphatic rings. The molecule has 6 rings (SSSR count). The molecular weight excluding hydrogens is 488 g/mol. The molecule has 2 aliphatic carbocycles. The Morgan fingerprint density at radius 3 is 1.97 bits per heavy atom. The Labute approximate surface area is 216 Å². The van der Waals surface area contributed by atoms with Crippen molar-refractivity contribution < 1.29 is 18.8 Å². The molecule has 1 N–H and O–H groups in total. The molecule has 0 spiro atoms. The van der Waals surface area contributed by atoms with Crippen LogP contribution < -0.4 is 16.3 Å². The van der Waals surface area contributed by atoms with Crippen LogP contribution in [0.4, 0.5) is 11.4 Å². The third-order valence-electron chi connectivity index (χ3n) is 5.91. The summed E-state index contributed by atoms with van der Waals surface area (Å²) in [6.07, 6.45) is 12.2. The highest BCUT2D eigenvalue weighted by atomic mass is 16.5. The number of hydrogen-bond acceptors (Lipinski definition) is 9. The molecule has 4 aromatic rings. The number of pyridine rings is 2. The van der Waals surface area contributed by atoms with Crippen molar-refractivity contribution in [3.63, 3.8) is 0 Å². The molecule has 0 aliphatic heterocycles. The number of rotatable bonds is 6. The molecule has 4 heterocycles. The summed E-state index contributed by atoms with van der Waals surface area (Å²) in [4.78, 5) is 47.4. The van der Waals surface area contributed by atoms with E-state index in [1.807, 2.05) is 12.3 Å². The Balaban J connectivity index is 0.000000156. The molecule has 10 nitrogen and oxygen atoms in total. The van der Waals surface area contributed by atoms with E-state index in [1.54, 1.807) is 55.1 Å². The van der Waals surface area contributed by atoms with Gasteiger partial charge in [0, 0.05) is 48.0 Å². The van der Waals surface area contributed by atoms with E-state index < -0.39 is 17.2 Å². The van der Waals surface area contributed by atoms with Gasteiger partial charge in [-0.1, -0.05) is 0 Å². The Kier molecular flexibility index (Phi) is 7.32. The van der Waals surface area contributed by atoms with Crippen molar-refractivity contribution in [1.82, 2.24) is 9.97 Å². The molecule has 10 heteroatoms. The van der Waals surface area contributed by atoms with Crippen molar-refractivity contribution in [2.45, 2.75) is 25.7 Å². The number of hydroxylamine groups is 1. The minimum atomic E-state index is -0.761. The second-order valence-electron chi connectivity index (χ2n) is 8.97. The zero-order valence-electron chi connectivity index (χ0n) is 20.3. The highest BCUT2D eigenvalue weighted by Crippen LogP contribution is 2.32. The normalized spacial score (nSPS) is 14.6. The molecule has 0 atom stereocenters. The van der Waals surface area contributed by atoms with Crippen LogP contribution in [0.3, 0.4) is 0 Å². The van der Waals surface area contributed by atoms with E-state index in [4.69, 9.17) is 8.83 Å². The fourth-order valence-electron chi connectivity index (χ4n) is 3.45. The van der Waals surface area contributed by atoms with E-state index in [1.165, 1.54) is 25.0 Å². The van der Waals surface area contributed by atoms with E-state index >= 15 is 0 Å². The summed E-state index contributed by atoms with van der Waals surface area (Å²) in [7, 11) is 0. The topological polar surface area (TPSA) is 139 Å². The number of hydrogen-bond donors (Lipinski definition) is 1. The number of carbonyl (C=O) groups is 1. The van der Waals surface area contributed by atoms with Gasteiger partial charge in [0.05, 0.1) is 0 Å². The number of anilines is 1. The average molecular weight is 513 g/mol. The third kappa shape index (κ3) is 6.16. The van der Waals surface area contributed by atoms with Gasteiger partial charge in [-0.25, -0.2) is 9.59 Å². The molecule has 2 fully saturated rings. The van der Waals surface area contributed by atoms with Crippen LogP contribution in [-0.4, -0.2) is 27.3 Å². The van der Waals surface area contributed by atoms with Gasteiger partial charge in [-0.15, -0.1) is 0 Å². The zero-order chi connectivity index (χ0) is 26.5. The summed E-state index contributed by atoms with van der Waals surface area (Å²) in [6.45, 7) is 0. The lowest BCUT2D eigenvalue weighted by atomic mass is 10.2. The maximum absolute atomic E-state index is 11.9. The number of aromatic nitrogens is 2. The lowest BCUT2D eigenvalue weighted by molar-refractivity contribution is -0.124. The first-order chi connectivity index (χ1) is 18.5. The van der Waals surface area contributed by atoms with E-state index in [9.17, 15) is 19.6 Å². The Bertz CT molecular complexity index is 1560. The Hall–Kier alpha value is -4.70. The van der Waals surface area contributed by atoms with Crippen LogP contribution in [0, 0.1) is 11.8 Å². The Morgan fingerprint density at radius 2 is 1.47 bits per heavy atom. The van der Waals surface area contributed by atoms with Gasteiger partial charge < -0.3 is 8.83 Å². The molecule has 192 valence electrons. The van der Waals surface area contributed by atoms with E-state index in [0.717, 1.165) is 18.4 Å². The molecule has 38 heavy (non-hydrogen) atoms. The van der Waals surface area contributed by atoms with Gasteiger partial charge in [-0.2, -0.15) is 5.06 Å². The summed E-state index contributed by atoms with van der Waals surface area (Å²) in [5.74, 6) is 0.740. The van der Waals surface area contributed by atoms with Crippen LogP contribution in [0.5, 0.6) is 0 Å². The second kappa shape index (κ2) is 11.1. The van der Waals surface area contributed by atoms with Crippen LogP contribution in [0.2, 0.25) is 0 Å². The zero-order valence-corrected chi connectivity index (χ0v) is 20.3. The summed E-state index contributed by atoms with van der Waals surface area (Å²) in [5.41, 5.74) is 0.446. The average Bonchev–Trinajstić information content (AvgIpc) is 3.88. The van der Waals surface area contributed by atoms with Crippen molar-refractivity contribution >= 4 is 23.5 Å². The van der Waals surface area contributed by atoms with E-state index in [0.29, 0.717) is 33.8 Å². The summed E-state index contributed by atoms with van der Waals surface area (Å²) >= 11 is 0. The van der Waals surface area contributed by atoms with Gasteiger partial charge in [-0.05, 0) is 80.1 Å².